The summed E-state index contributed by atoms with van der Waals surface area (Å²) in [7, 11) is 5.24. The number of aromatic hydroxyl groups is 2. The van der Waals surface area contributed by atoms with Gasteiger partial charge < -0.3 is 83.1 Å². The van der Waals surface area contributed by atoms with Crippen molar-refractivity contribution in [3.63, 3.8) is 0 Å². The molecule has 0 aromatic heterocycles. The highest BCUT2D eigenvalue weighted by atomic mass is 16.8. The molecule has 0 bridgehead atoms. The van der Waals surface area contributed by atoms with Crippen LogP contribution in [0.5, 0.6) is 34.5 Å². The first-order valence-electron chi connectivity index (χ1n) is 16.7. The number of phenols is 2. The Labute approximate surface area is 319 Å². The number of phenolic OH excluding ortho intramolecular Hbond substituents is 2. The van der Waals surface area contributed by atoms with Gasteiger partial charge in [-0.1, -0.05) is 0 Å². The van der Waals surface area contributed by atoms with Crippen molar-refractivity contribution in [1.29, 1.82) is 0 Å². The fourth-order valence-electron chi connectivity index (χ4n) is 5.80. The summed E-state index contributed by atoms with van der Waals surface area (Å²) in [5, 5.41) is 73.9. The molecule has 2 aromatic rings. The zero-order chi connectivity index (χ0) is 41.3. The summed E-state index contributed by atoms with van der Waals surface area (Å²) in [6.07, 6.45) is -9.96. The van der Waals surface area contributed by atoms with Gasteiger partial charge in [0.15, 0.2) is 41.5 Å². The first kappa shape index (κ1) is 43.5. The average molecular weight is 797 g/mol. The van der Waals surface area contributed by atoms with Crippen molar-refractivity contribution < 1.29 is 97.5 Å². The van der Waals surface area contributed by atoms with Gasteiger partial charge in [0.2, 0.25) is 17.3 Å². The van der Waals surface area contributed by atoms with E-state index in [-0.39, 0.29) is 34.5 Å². The molecule has 2 heterocycles. The van der Waals surface area contributed by atoms with Crippen molar-refractivity contribution in [1.82, 2.24) is 0 Å². The van der Waals surface area contributed by atoms with Crippen LogP contribution in [-0.4, -0.2) is 157 Å². The number of benzene rings is 2. The highest BCUT2D eigenvalue weighted by molar-refractivity contribution is 5.88. The van der Waals surface area contributed by atoms with Gasteiger partial charge in [-0.05, 0) is 47.5 Å². The zero-order valence-electron chi connectivity index (χ0n) is 30.8. The van der Waals surface area contributed by atoms with Crippen LogP contribution in [0.1, 0.15) is 18.1 Å². The van der Waals surface area contributed by atoms with E-state index in [0.29, 0.717) is 11.1 Å². The number of hydrogen-bond acceptors (Lipinski definition) is 20. The minimum atomic E-state index is -2.55. The molecule has 2 aromatic carbocycles. The highest BCUT2D eigenvalue weighted by Gasteiger charge is 2.61. The number of aliphatic hydroxyl groups is 5. The number of hydrogen-bond donors (Lipinski definition) is 7. The molecule has 0 aliphatic carbocycles. The van der Waals surface area contributed by atoms with E-state index in [1.807, 2.05) is 0 Å². The smallest absolute Gasteiger partial charge is 0.331 e. The molecular weight excluding hydrogens is 752 g/mol. The Morgan fingerprint density at radius 2 is 1.23 bits per heavy atom. The maximum atomic E-state index is 13.1. The maximum absolute atomic E-state index is 13.1. The van der Waals surface area contributed by atoms with Crippen LogP contribution in [0.25, 0.3) is 12.2 Å². The van der Waals surface area contributed by atoms with Crippen molar-refractivity contribution in [2.75, 3.05) is 48.3 Å². The Morgan fingerprint density at radius 1 is 0.732 bits per heavy atom. The van der Waals surface area contributed by atoms with Crippen molar-refractivity contribution in [3.05, 3.63) is 47.5 Å². The van der Waals surface area contributed by atoms with E-state index in [1.54, 1.807) is 0 Å². The van der Waals surface area contributed by atoms with Gasteiger partial charge in [-0.15, -0.1) is 0 Å². The monoisotopic (exact) mass is 796 g/mol. The van der Waals surface area contributed by atoms with Crippen LogP contribution in [0.2, 0.25) is 0 Å². The summed E-state index contributed by atoms with van der Waals surface area (Å²) < 4.78 is 53.3. The van der Waals surface area contributed by atoms with Gasteiger partial charge in [-0.3, -0.25) is 4.79 Å². The Kier molecular flexibility index (Phi) is 14.9. The summed E-state index contributed by atoms with van der Waals surface area (Å²) in [4.78, 5) is 37.7. The molecule has 0 unspecified atom stereocenters. The lowest BCUT2D eigenvalue weighted by Gasteiger charge is -2.44. The molecule has 2 aliphatic rings. The summed E-state index contributed by atoms with van der Waals surface area (Å²) in [5.41, 5.74) is 0.682. The first-order chi connectivity index (χ1) is 26.6. The molecule has 2 aliphatic heterocycles. The predicted molar refractivity (Wildman–Crippen MR) is 186 cm³/mol. The second-order valence-electron chi connectivity index (χ2n) is 12.2. The summed E-state index contributed by atoms with van der Waals surface area (Å²) in [6, 6.07) is 5.58. The zero-order valence-corrected chi connectivity index (χ0v) is 30.8. The van der Waals surface area contributed by atoms with Gasteiger partial charge in [-0.25, -0.2) is 9.59 Å². The quantitative estimate of drug-likeness (QED) is 0.0619. The second-order valence-corrected chi connectivity index (χ2v) is 12.2. The fraction of sp³-hybridized carbons (Fsp3) is 0.472. The van der Waals surface area contributed by atoms with Crippen molar-refractivity contribution in [3.8, 4) is 34.5 Å². The van der Waals surface area contributed by atoms with Crippen LogP contribution >= 0.6 is 0 Å². The lowest BCUT2D eigenvalue weighted by atomic mass is 9.98. The third-order valence-electron chi connectivity index (χ3n) is 8.60. The Morgan fingerprint density at radius 3 is 1.68 bits per heavy atom. The van der Waals surface area contributed by atoms with Crippen LogP contribution in [0, 0.1) is 0 Å². The fourth-order valence-corrected chi connectivity index (χ4v) is 5.80. The molecule has 0 radical (unpaired) electrons. The Hall–Kier alpha value is -5.19. The minimum Gasteiger partial charge on any atom is -0.502 e. The van der Waals surface area contributed by atoms with Gasteiger partial charge in [-0.2, -0.15) is 0 Å². The molecule has 20 heteroatoms. The van der Waals surface area contributed by atoms with Gasteiger partial charge in [0.25, 0.3) is 0 Å². The molecule has 4 rings (SSSR count). The van der Waals surface area contributed by atoms with E-state index in [9.17, 15) is 50.1 Å². The predicted octanol–water partition coefficient (Wildman–Crippen LogP) is -0.851. The van der Waals surface area contributed by atoms with Gasteiger partial charge >= 0.3 is 17.9 Å². The van der Waals surface area contributed by atoms with E-state index in [1.165, 1.54) is 64.9 Å². The third kappa shape index (κ3) is 9.78. The first-order valence-corrected chi connectivity index (χ1v) is 16.7. The highest BCUT2D eigenvalue weighted by Crippen LogP contribution is 2.40. The molecule has 0 spiro atoms. The molecule has 0 amide bonds. The number of esters is 3. The largest absolute Gasteiger partial charge is 0.502 e. The molecule has 20 nitrogen and oxygen atoms in total. The van der Waals surface area contributed by atoms with E-state index in [0.717, 1.165) is 19.1 Å². The van der Waals surface area contributed by atoms with Crippen LogP contribution in [-0.2, 0) is 42.8 Å². The van der Waals surface area contributed by atoms with E-state index in [2.05, 4.69) is 0 Å². The number of rotatable bonds is 16. The van der Waals surface area contributed by atoms with E-state index >= 15 is 0 Å². The maximum Gasteiger partial charge on any atom is 0.331 e. The van der Waals surface area contributed by atoms with E-state index < -0.39 is 92.5 Å². The Bertz CT molecular complexity index is 1710. The van der Waals surface area contributed by atoms with Gasteiger partial charge in [0.05, 0.1) is 35.0 Å². The lowest BCUT2D eigenvalue weighted by molar-refractivity contribution is -0.383. The van der Waals surface area contributed by atoms with Crippen molar-refractivity contribution >= 4 is 30.1 Å². The number of carbonyl (C=O) groups is 3. The van der Waals surface area contributed by atoms with Crippen LogP contribution in [0.4, 0.5) is 0 Å². The summed E-state index contributed by atoms with van der Waals surface area (Å²) >= 11 is 0. The molecule has 2 fully saturated rings. The van der Waals surface area contributed by atoms with Crippen molar-refractivity contribution in [2.45, 2.75) is 61.7 Å². The average Bonchev–Trinajstić information content (AvgIpc) is 3.45. The van der Waals surface area contributed by atoms with Crippen LogP contribution in [0.15, 0.2) is 36.4 Å². The summed E-state index contributed by atoms with van der Waals surface area (Å²) in [5.74, 6) is -5.95. The third-order valence-corrected chi connectivity index (χ3v) is 8.60. The molecule has 7 N–H and O–H groups in total. The summed E-state index contributed by atoms with van der Waals surface area (Å²) in [6.45, 7) is -1.77. The molecule has 2 saturated heterocycles. The van der Waals surface area contributed by atoms with E-state index in [4.69, 9.17) is 47.4 Å². The topological polar surface area (TPSA) is 285 Å². The molecule has 0 saturated carbocycles. The SMILES string of the molecule is COc1cc(C=CC(=O)OC[C@H]2O[C@H](O[C@]3(CO)O[C@H](CO)[C@@H](O)[C@@H]3OC(=O)C=Cc3cc(OC)c(O)c(OC)c3)[C@H](O)[C@@H](OC(C)=O)[C@@H]2O)cc(OC)c1O. The standard InChI is InChI=1S/C36H44O20/c1-17(39)52-33-30(44)25(15-51-26(40)8-6-18-10-20(47-2)28(42)21(11-18)48-3)53-35(32(33)46)56-36(16-38)34(31(45)24(14-37)55-36)54-27(41)9-7-19-12-22(49-4)29(43)23(13-19)50-5/h6-13,24-25,30-35,37-38,42-46H,14-16H2,1-5H3/t24-,25-,30-,31-,32-,33+,34+,35-,36+/m1/s1. The van der Waals surface area contributed by atoms with Gasteiger partial charge in [0, 0.05) is 19.1 Å². The number of aliphatic hydroxyl groups excluding tert-OH is 5. The molecular formula is C36H44O20. The number of methoxy groups -OCH3 is 4. The van der Waals surface area contributed by atoms with Crippen LogP contribution < -0.4 is 18.9 Å². The van der Waals surface area contributed by atoms with Crippen LogP contribution in [0.3, 0.4) is 0 Å². The number of carbonyl (C=O) groups excluding carboxylic acids is 3. The number of ether oxygens (including phenoxy) is 10. The molecule has 308 valence electrons. The normalized spacial score (nSPS) is 27.5. The minimum absolute atomic E-state index is 0.0272. The second kappa shape index (κ2) is 19.1. The lowest BCUT2D eigenvalue weighted by Crippen LogP contribution is -2.64. The molecule has 56 heavy (non-hydrogen) atoms. The van der Waals surface area contributed by atoms with Gasteiger partial charge in [0.1, 0.15) is 43.7 Å². The Balaban J connectivity index is 1.55. The van der Waals surface area contributed by atoms with Crippen molar-refractivity contribution in [2.24, 2.45) is 0 Å². The molecule has 9 atom stereocenters.